The number of aromatic amines is 1. The molecule has 2 heterocycles. The quantitative estimate of drug-likeness (QED) is 0.682. The summed E-state index contributed by atoms with van der Waals surface area (Å²) in [6, 6.07) is 16.6. The molecule has 1 aliphatic rings. The van der Waals surface area contributed by atoms with Crippen LogP contribution < -0.4 is 0 Å². The van der Waals surface area contributed by atoms with Gasteiger partial charge in [0.2, 0.25) is 15.9 Å². The second-order valence-corrected chi connectivity index (χ2v) is 9.35. The van der Waals surface area contributed by atoms with Crippen LogP contribution in [0, 0.1) is 11.3 Å². The molecule has 1 N–H and O–H groups in total. The minimum Gasteiger partial charge on any atom is -0.361 e. The predicted molar refractivity (Wildman–Crippen MR) is 114 cm³/mol. The third kappa shape index (κ3) is 4.22. The van der Waals surface area contributed by atoms with Gasteiger partial charge in [0.15, 0.2) is 0 Å². The number of fused-ring (bicyclic) bond motifs is 1. The number of nitrogens with zero attached hydrogens (tertiary/aromatic N) is 3. The molecule has 0 spiro atoms. The van der Waals surface area contributed by atoms with E-state index in [1.165, 1.54) is 4.31 Å². The van der Waals surface area contributed by atoms with E-state index in [0.29, 0.717) is 31.7 Å². The Labute approximate surface area is 175 Å². The van der Waals surface area contributed by atoms with Crippen molar-refractivity contribution in [1.29, 1.82) is 5.26 Å². The maximum Gasteiger partial charge on any atom is 0.227 e. The van der Waals surface area contributed by atoms with Gasteiger partial charge in [0, 0.05) is 43.3 Å². The number of aromatic nitrogens is 1. The second-order valence-electron chi connectivity index (χ2n) is 7.38. The number of carbonyl (C=O) groups excluding carboxylic acids is 1. The van der Waals surface area contributed by atoms with Gasteiger partial charge < -0.3 is 9.88 Å². The van der Waals surface area contributed by atoms with Crippen LogP contribution in [0.4, 0.5) is 0 Å². The molecule has 0 aliphatic carbocycles. The molecule has 1 fully saturated rings. The van der Waals surface area contributed by atoms with Crippen LogP contribution in [-0.4, -0.2) is 54.7 Å². The zero-order valence-corrected chi connectivity index (χ0v) is 17.2. The van der Waals surface area contributed by atoms with Crippen LogP contribution in [0.25, 0.3) is 10.9 Å². The highest BCUT2D eigenvalue weighted by molar-refractivity contribution is 7.88. The molecule has 1 saturated heterocycles. The summed E-state index contributed by atoms with van der Waals surface area (Å²) in [6.07, 6.45) is 2.01. The number of benzene rings is 2. The lowest BCUT2D eigenvalue weighted by atomic mass is 10.1. The highest BCUT2D eigenvalue weighted by Crippen LogP contribution is 2.21. The third-order valence-corrected chi connectivity index (χ3v) is 7.26. The molecule has 30 heavy (non-hydrogen) atoms. The van der Waals surface area contributed by atoms with E-state index in [4.69, 9.17) is 5.26 Å². The molecule has 1 amide bonds. The minimum atomic E-state index is -3.41. The lowest BCUT2D eigenvalue weighted by Gasteiger charge is -2.34. The summed E-state index contributed by atoms with van der Waals surface area (Å²) in [5.74, 6) is -0.0726. The van der Waals surface area contributed by atoms with E-state index in [1.807, 2.05) is 24.3 Å². The summed E-state index contributed by atoms with van der Waals surface area (Å²) in [5.41, 5.74) is 3.03. The fourth-order valence-corrected chi connectivity index (χ4v) is 5.28. The minimum absolute atomic E-state index is 0.0294. The normalized spacial score (nSPS) is 15.2. The molecule has 0 radical (unpaired) electrons. The van der Waals surface area contributed by atoms with Crippen LogP contribution in [0.5, 0.6) is 0 Å². The molecule has 0 atom stereocenters. The summed E-state index contributed by atoms with van der Waals surface area (Å²) in [5, 5.41) is 9.97. The molecular formula is C22H22N4O3S. The Bertz CT molecular complexity index is 1200. The molecule has 0 bridgehead atoms. The van der Waals surface area contributed by atoms with Crippen LogP contribution in [0.2, 0.25) is 0 Å². The van der Waals surface area contributed by atoms with Crippen molar-refractivity contribution >= 4 is 26.8 Å². The number of rotatable bonds is 5. The maximum atomic E-state index is 12.8. The van der Waals surface area contributed by atoms with Crippen LogP contribution in [0.3, 0.4) is 0 Å². The molecule has 7 nitrogen and oxygen atoms in total. The van der Waals surface area contributed by atoms with Crippen molar-refractivity contribution in [3.63, 3.8) is 0 Å². The Morgan fingerprint density at radius 3 is 2.50 bits per heavy atom. The number of nitriles is 1. The zero-order chi connectivity index (χ0) is 21.1. The van der Waals surface area contributed by atoms with Crippen molar-refractivity contribution in [1.82, 2.24) is 14.2 Å². The van der Waals surface area contributed by atoms with Crippen LogP contribution >= 0.6 is 0 Å². The first-order valence-corrected chi connectivity index (χ1v) is 11.4. The molecule has 3 aromatic rings. The van der Waals surface area contributed by atoms with Crippen molar-refractivity contribution in [2.24, 2.45) is 0 Å². The summed E-state index contributed by atoms with van der Waals surface area (Å²) < 4.78 is 26.8. The number of H-pyrrole nitrogens is 1. The molecule has 0 unspecified atom stereocenters. The number of hydrogen-bond acceptors (Lipinski definition) is 4. The van der Waals surface area contributed by atoms with Gasteiger partial charge in [-0.05, 0) is 29.3 Å². The summed E-state index contributed by atoms with van der Waals surface area (Å²) >= 11 is 0. The van der Waals surface area contributed by atoms with E-state index in [2.05, 4.69) is 11.1 Å². The smallest absolute Gasteiger partial charge is 0.227 e. The summed E-state index contributed by atoms with van der Waals surface area (Å²) in [6.45, 7) is 1.35. The predicted octanol–water partition coefficient (Wildman–Crippen LogP) is 2.26. The lowest BCUT2D eigenvalue weighted by molar-refractivity contribution is -0.131. The lowest BCUT2D eigenvalue weighted by Crippen LogP contribution is -2.51. The van der Waals surface area contributed by atoms with E-state index in [-0.39, 0.29) is 18.1 Å². The number of carbonyl (C=O) groups is 1. The van der Waals surface area contributed by atoms with E-state index >= 15 is 0 Å². The molecule has 1 aromatic heterocycles. The van der Waals surface area contributed by atoms with E-state index in [1.54, 1.807) is 35.4 Å². The molecule has 8 heteroatoms. The van der Waals surface area contributed by atoms with Gasteiger partial charge in [0.1, 0.15) is 0 Å². The Morgan fingerprint density at radius 1 is 1.07 bits per heavy atom. The second kappa shape index (κ2) is 8.30. The topological polar surface area (TPSA) is 97.3 Å². The van der Waals surface area contributed by atoms with Gasteiger partial charge in [-0.15, -0.1) is 0 Å². The number of nitrogens with one attached hydrogen (secondary N) is 1. The number of piperazine rings is 1. The zero-order valence-electron chi connectivity index (χ0n) is 16.4. The Kier molecular flexibility index (Phi) is 5.57. The summed E-state index contributed by atoms with van der Waals surface area (Å²) in [7, 11) is -3.41. The summed E-state index contributed by atoms with van der Waals surface area (Å²) in [4.78, 5) is 17.6. The molecule has 154 valence electrons. The largest absolute Gasteiger partial charge is 0.361 e. The Balaban J connectivity index is 1.38. The number of sulfonamides is 1. The van der Waals surface area contributed by atoms with Crippen molar-refractivity contribution < 1.29 is 13.2 Å². The molecule has 2 aromatic carbocycles. The first-order valence-electron chi connectivity index (χ1n) is 9.76. The Morgan fingerprint density at radius 2 is 1.80 bits per heavy atom. The number of hydrogen-bond donors (Lipinski definition) is 1. The van der Waals surface area contributed by atoms with E-state index < -0.39 is 10.0 Å². The number of amides is 1. The molecule has 1 aliphatic heterocycles. The maximum absolute atomic E-state index is 12.8. The van der Waals surface area contributed by atoms with Crippen LogP contribution in [-0.2, 0) is 27.0 Å². The third-order valence-electron chi connectivity index (χ3n) is 5.41. The average Bonchev–Trinajstić information content (AvgIpc) is 3.16. The van der Waals surface area contributed by atoms with Crippen LogP contribution in [0.15, 0.2) is 54.7 Å². The van der Waals surface area contributed by atoms with Crippen molar-refractivity contribution in [2.75, 3.05) is 26.2 Å². The van der Waals surface area contributed by atoms with Gasteiger partial charge in [-0.3, -0.25) is 4.79 Å². The standard InChI is InChI=1S/C22H22N4O3S/c23-14-18-6-7-21-20(12-18)19(15-24-21)13-22(27)25-8-10-26(11-9-25)30(28,29)16-17-4-2-1-3-5-17/h1-7,12,15,24H,8-11,13,16H2. The van der Waals surface area contributed by atoms with Crippen LogP contribution in [0.1, 0.15) is 16.7 Å². The van der Waals surface area contributed by atoms with Gasteiger partial charge in [-0.1, -0.05) is 30.3 Å². The van der Waals surface area contributed by atoms with Crippen molar-refractivity contribution in [2.45, 2.75) is 12.2 Å². The Hall–Kier alpha value is -3.15. The highest BCUT2D eigenvalue weighted by atomic mass is 32.2. The van der Waals surface area contributed by atoms with Crippen molar-refractivity contribution in [3.8, 4) is 6.07 Å². The van der Waals surface area contributed by atoms with Gasteiger partial charge in [-0.2, -0.15) is 9.57 Å². The average molecular weight is 423 g/mol. The van der Waals surface area contributed by atoms with Crippen molar-refractivity contribution in [3.05, 3.63) is 71.4 Å². The van der Waals surface area contributed by atoms with E-state index in [0.717, 1.165) is 22.0 Å². The fourth-order valence-electron chi connectivity index (χ4n) is 3.76. The molecule has 0 saturated carbocycles. The van der Waals surface area contributed by atoms with Gasteiger partial charge >= 0.3 is 0 Å². The van der Waals surface area contributed by atoms with E-state index in [9.17, 15) is 13.2 Å². The van der Waals surface area contributed by atoms with Gasteiger partial charge in [0.25, 0.3) is 0 Å². The first kappa shape index (κ1) is 20.1. The van der Waals surface area contributed by atoms with Gasteiger partial charge in [0.05, 0.1) is 23.8 Å². The monoisotopic (exact) mass is 422 g/mol. The highest BCUT2D eigenvalue weighted by Gasteiger charge is 2.29. The first-order chi connectivity index (χ1) is 14.5. The van der Waals surface area contributed by atoms with Gasteiger partial charge in [-0.25, -0.2) is 8.42 Å². The SMILES string of the molecule is N#Cc1ccc2[nH]cc(CC(=O)N3CCN(S(=O)(=O)Cc4ccccc4)CC3)c2c1. The molecule has 4 rings (SSSR count). The fraction of sp³-hybridized carbons (Fsp3) is 0.273. The molecular weight excluding hydrogens is 400 g/mol.